The van der Waals surface area contributed by atoms with Gasteiger partial charge in [-0.25, -0.2) is 0 Å². The van der Waals surface area contributed by atoms with E-state index in [1.54, 1.807) is 0 Å². The molecule has 0 aliphatic heterocycles. The van der Waals surface area contributed by atoms with E-state index in [-0.39, 0.29) is 0 Å². The highest BCUT2D eigenvalue weighted by atomic mass is 79.9. The van der Waals surface area contributed by atoms with E-state index in [9.17, 15) is 0 Å². The van der Waals surface area contributed by atoms with Crippen molar-refractivity contribution in [2.24, 2.45) is 0 Å². The predicted octanol–water partition coefficient (Wildman–Crippen LogP) is 5.39. The van der Waals surface area contributed by atoms with Crippen molar-refractivity contribution < 1.29 is 0 Å². The molecule has 0 unspecified atom stereocenters. The zero-order valence-corrected chi connectivity index (χ0v) is 12.1. The zero-order chi connectivity index (χ0) is 8.59. The second kappa shape index (κ2) is 4.09. The van der Waals surface area contributed by atoms with Crippen LogP contribution in [0, 0.1) is 0 Å². The topological polar surface area (TPSA) is 0 Å². The summed E-state index contributed by atoms with van der Waals surface area (Å²) >= 11 is 19.3. The predicted molar refractivity (Wildman–Crippen MR) is 62.3 cm³/mol. The molecule has 0 aliphatic carbocycles. The standard InChI is InChI=1S/C6HBr4Cl/c7-2-1-3(11)5(9)6(10)4(2)8/h1H. The van der Waals surface area contributed by atoms with Crippen LogP contribution in [0.2, 0.25) is 5.02 Å². The average Bonchev–Trinajstić information content (AvgIpc) is 1.97. The molecule has 0 nitrogen and oxygen atoms in total. The molecule has 0 amide bonds. The summed E-state index contributed by atoms with van der Waals surface area (Å²) in [6.45, 7) is 0. The molecule has 60 valence electrons. The van der Waals surface area contributed by atoms with Crippen molar-refractivity contribution in [1.82, 2.24) is 0 Å². The molecule has 5 heteroatoms. The maximum absolute atomic E-state index is 5.86. The summed E-state index contributed by atoms with van der Waals surface area (Å²) < 4.78 is 3.65. The summed E-state index contributed by atoms with van der Waals surface area (Å²) in [6, 6.07) is 1.82. The number of hydrogen-bond donors (Lipinski definition) is 0. The molecular weight excluding hydrogens is 427 g/mol. The Kier molecular flexibility index (Phi) is 3.91. The van der Waals surface area contributed by atoms with Gasteiger partial charge in [0.2, 0.25) is 0 Å². The highest BCUT2D eigenvalue weighted by Crippen LogP contribution is 2.40. The summed E-state index contributed by atoms with van der Waals surface area (Å²) in [5.41, 5.74) is 0. The lowest BCUT2D eigenvalue weighted by Gasteiger charge is -2.03. The lowest BCUT2D eigenvalue weighted by atomic mass is 10.4. The molecular formula is C6HBr4Cl. The van der Waals surface area contributed by atoms with Gasteiger partial charge in [0.1, 0.15) is 0 Å². The first-order valence-corrected chi connectivity index (χ1v) is 6.07. The Morgan fingerprint density at radius 3 is 2.00 bits per heavy atom. The van der Waals surface area contributed by atoms with Crippen molar-refractivity contribution >= 4 is 75.3 Å². The van der Waals surface area contributed by atoms with Crippen molar-refractivity contribution in [3.05, 3.63) is 29.0 Å². The molecule has 11 heavy (non-hydrogen) atoms. The van der Waals surface area contributed by atoms with Crippen molar-refractivity contribution in [3.63, 3.8) is 0 Å². The Bertz CT molecular complexity index is 271. The van der Waals surface area contributed by atoms with Crippen molar-refractivity contribution in [1.29, 1.82) is 0 Å². The Hall–Kier alpha value is 1.43. The summed E-state index contributed by atoms with van der Waals surface area (Å²) in [6.07, 6.45) is 0. The van der Waals surface area contributed by atoms with Crippen LogP contribution in [0.15, 0.2) is 24.0 Å². The minimum Gasteiger partial charge on any atom is -0.0830 e. The Morgan fingerprint density at radius 2 is 1.45 bits per heavy atom. The molecule has 1 aromatic rings. The maximum Gasteiger partial charge on any atom is 0.0571 e. The second-order valence-electron chi connectivity index (χ2n) is 1.78. The molecule has 0 radical (unpaired) electrons. The van der Waals surface area contributed by atoms with Gasteiger partial charge in [0, 0.05) is 13.4 Å². The number of benzene rings is 1. The van der Waals surface area contributed by atoms with E-state index in [1.807, 2.05) is 6.07 Å². The third kappa shape index (κ3) is 2.21. The smallest absolute Gasteiger partial charge is 0.0571 e. The van der Waals surface area contributed by atoms with Crippen LogP contribution in [0.3, 0.4) is 0 Å². The quantitative estimate of drug-likeness (QED) is 0.384. The summed E-state index contributed by atoms with van der Waals surface area (Å²) in [4.78, 5) is 0. The Labute approximate surface area is 103 Å². The van der Waals surface area contributed by atoms with E-state index in [0.717, 1.165) is 17.9 Å². The van der Waals surface area contributed by atoms with Crippen LogP contribution < -0.4 is 0 Å². The number of rotatable bonds is 0. The normalized spacial score (nSPS) is 10.3. The Morgan fingerprint density at radius 1 is 0.909 bits per heavy atom. The highest BCUT2D eigenvalue weighted by Gasteiger charge is 2.09. The summed E-state index contributed by atoms with van der Waals surface area (Å²) in [7, 11) is 0. The van der Waals surface area contributed by atoms with Gasteiger partial charge in [-0.2, -0.15) is 0 Å². The fourth-order valence-electron chi connectivity index (χ4n) is 0.544. The minimum atomic E-state index is 0.673. The molecule has 1 rings (SSSR count). The van der Waals surface area contributed by atoms with Crippen LogP contribution in [0.5, 0.6) is 0 Å². The van der Waals surface area contributed by atoms with Gasteiger partial charge >= 0.3 is 0 Å². The molecule has 0 heterocycles. The van der Waals surface area contributed by atoms with E-state index in [0.29, 0.717) is 5.02 Å². The van der Waals surface area contributed by atoms with E-state index in [2.05, 4.69) is 63.7 Å². The lowest BCUT2D eigenvalue weighted by Crippen LogP contribution is -1.77. The van der Waals surface area contributed by atoms with Gasteiger partial charge in [-0.15, -0.1) is 0 Å². The second-order valence-corrected chi connectivity index (χ2v) is 5.42. The molecule has 0 bridgehead atoms. The van der Waals surface area contributed by atoms with Gasteiger partial charge in [-0.05, 0) is 69.8 Å². The maximum atomic E-state index is 5.86. The van der Waals surface area contributed by atoms with Crippen LogP contribution >= 0.6 is 75.3 Å². The molecule has 0 saturated heterocycles. The van der Waals surface area contributed by atoms with E-state index in [4.69, 9.17) is 11.6 Å². The van der Waals surface area contributed by atoms with Crippen molar-refractivity contribution in [2.45, 2.75) is 0 Å². The van der Waals surface area contributed by atoms with Crippen LogP contribution in [-0.2, 0) is 0 Å². The van der Waals surface area contributed by atoms with Gasteiger partial charge in [-0.1, -0.05) is 11.6 Å². The van der Waals surface area contributed by atoms with Gasteiger partial charge < -0.3 is 0 Å². The highest BCUT2D eigenvalue weighted by molar-refractivity contribution is 9.15. The van der Waals surface area contributed by atoms with E-state index < -0.39 is 0 Å². The van der Waals surface area contributed by atoms with Crippen LogP contribution in [-0.4, -0.2) is 0 Å². The zero-order valence-electron chi connectivity index (χ0n) is 4.97. The summed E-state index contributed by atoms with van der Waals surface area (Å²) in [5, 5.41) is 0.673. The molecule has 0 fully saturated rings. The average molecular weight is 428 g/mol. The third-order valence-electron chi connectivity index (χ3n) is 1.06. The SMILES string of the molecule is Clc1cc(Br)c(Br)c(Br)c1Br. The van der Waals surface area contributed by atoms with Gasteiger partial charge in [-0.3, -0.25) is 0 Å². The lowest BCUT2D eigenvalue weighted by molar-refractivity contribution is 1.49. The van der Waals surface area contributed by atoms with Crippen LogP contribution in [0.1, 0.15) is 0 Å². The molecule has 0 aromatic heterocycles. The number of halogens is 5. The first kappa shape index (κ1) is 10.5. The molecule has 0 spiro atoms. The third-order valence-corrected chi connectivity index (χ3v) is 6.25. The van der Waals surface area contributed by atoms with Gasteiger partial charge in [0.15, 0.2) is 0 Å². The molecule has 0 saturated carbocycles. The van der Waals surface area contributed by atoms with Gasteiger partial charge in [0.05, 0.1) is 9.50 Å². The van der Waals surface area contributed by atoms with E-state index >= 15 is 0 Å². The van der Waals surface area contributed by atoms with Crippen molar-refractivity contribution in [3.8, 4) is 0 Å². The Balaban J connectivity index is 3.46. The minimum absolute atomic E-state index is 0.673. The first-order valence-electron chi connectivity index (χ1n) is 2.52. The molecule has 0 atom stereocenters. The monoisotopic (exact) mass is 424 g/mol. The van der Waals surface area contributed by atoms with Crippen LogP contribution in [0.4, 0.5) is 0 Å². The first-order chi connectivity index (χ1) is 5.04. The van der Waals surface area contributed by atoms with Gasteiger partial charge in [0.25, 0.3) is 0 Å². The number of hydrogen-bond acceptors (Lipinski definition) is 0. The molecule has 0 N–H and O–H groups in total. The van der Waals surface area contributed by atoms with Crippen LogP contribution in [0.25, 0.3) is 0 Å². The summed E-state index contributed by atoms with van der Waals surface area (Å²) in [5.74, 6) is 0. The fraction of sp³-hybridized carbons (Fsp3) is 0. The van der Waals surface area contributed by atoms with Crippen molar-refractivity contribution in [2.75, 3.05) is 0 Å². The molecule has 0 aliphatic rings. The van der Waals surface area contributed by atoms with E-state index in [1.165, 1.54) is 0 Å². The fourth-order valence-corrected chi connectivity index (χ4v) is 3.01. The largest absolute Gasteiger partial charge is 0.0830 e. The molecule has 1 aromatic carbocycles.